The zero-order valence-electron chi connectivity index (χ0n) is 13.1. The molecule has 0 spiro atoms. The van der Waals surface area contributed by atoms with Crippen LogP contribution in [0.25, 0.3) is 0 Å². The fraction of sp³-hybridized carbons (Fsp3) is 0.118. The second-order valence-electron chi connectivity index (χ2n) is 5.46. The van der Waals surface area contributed by atoms with E-state index in [1.54, 1.807) is 48.7 Å². The second-order valence-corrected chi connectivity index (χ2v) is 8.04. The lowest BCUT2D eigenvalue weighted by molar-refractivity contribution is 0.585. The van der Waals surface area contributed by atoms with E-state index in [2.05, 4.69) is 25.8 Å². The average Bonchev–Trinajstić information content (AvgIpc) is 2.89. The molecule has 25 heavy (non-hydrogen) atoms. The number of nitrogens with one attached hydrogen (secondary N) is 1. The van der Waals surface area contributed by atoms with Crippen molar-refractivity contribution in [1.82, 2.24) is 9.78 Å². The molecule has 0 saturated carbocycles. The highest BCUT2D eigenvalue weighted by Crippen LogP contribution is 2.23. The van der Waals surface area contributed by atoms with Crippen LogP contribution in [0, 0.1) is 5.82 Å². The van der Waals surface area contributed by atoms with Crippen molar-refractivity contribution in [2.75, 3.05) is 4.72 Å². The van der Waals surface area contributed by atoms with Crippen LogP contribution in [0.1, 0.15) is 11.1 Å². The topological polar surface area (TPSA) is 64.0 Å². The van der Waals surface area contributed by atoms with Crippen LogP contribution in [0.2, 0.25) is 0 Å². The van der Waals surface area contributed by atoms with E-state index in [9.17, 15) is 12.8 Å². The highest BCUT2D eigenvalue weighted by atomic mass is 79.9. The molecule has 0 aliphatic carbocycles. The summed E-state index contributed by atoms with van der Waals surface area (Å²) in [6, 6.07) is 15.2. The third kappa shape index (κ3) is 4.67. The third-order valence-electron chi connectivity index (χ3n) is 3.46. The van der Waals surface area contributed by atoms with Gasteiger partial charge in [-0.3, -0.25) is 9.40 Å². The Bertz CT molecular complexity index is 975. The van der Waals surface area contributed by atoms with Gasteiger partial charge in [0.1, 0.15) is 5.82 Å². The SMILES string of the molecule is O=S(=O)(Cc1ccccc1)Nc1nn(Cc2ccccc2F)cc1Br. The third-order valence-corrected chi connectivity index (χ3v) is 5.26. The van der Waals surface area contributed by atoms with Gasteiger partial charge >= 0.3 is 0 Å². The van der Waals surface area contributed by atoms with Gasteiger partial charge < -0.3 is 0 Å². The number of rotatable bonds is 6. The lowest BCUT2D eigenvalue weighted by Gasteiger charge is -2.06. The zero-order chi connectivity index (χ0) is 17.9. The van der Waals surface area contributed by atoms with Gasteiger partial charge in [0.2, 0.25) is 10.0 Å². The minimum atomic E-state index is -3.61. The normalized spacial score (nSPS) is 11.4. The van der Waals surface area contributed by atoms with E-state index < -0.39 is 10.0 Å². The molecule has 130 valence electrons. The number of aromatic nitrogens is 2. The molecule has 5 nitrogen and oxygen atoms in total. The van der Waals surface area contributed by atoms with Gasteiger partial charge in [0.25, 0.3) is 0 Å². The van der Waals surface area contributed by atoms with Crippen molar-refractivity contribution in [3.63, 3.8) is 0 Å². The molecular weight excluding hydrogens is 409 g/mol. The molecule has 0 aliphatic heterocycles. The average molecular weight is 424 g/mol. The minimum absolute atomic E-state index is 0.152. The summed E-state index contributed by atoms with van der Waals surface area (Å²) in [5, 5.41) is 4.19. The maximum atomic E-state index is 13.7. The van der Waals surface area contributed by atoms with Crippen LogP contribution >= 0.6 is 15.9 Å². The predicted octanol–water partition coefficient (Wildman–Crippen LogP) is 3.77. The van der Waals surface area contributed by atoms with Gasteiger partial charge in [-0.25, -0.2) is 12.8 Å². The molecular formula is C17H15BrFN3O2S. The summed E-state index contributed by atoms with van der Waals surface area (Å²) < 4.78 is 42.8. The zero-order valence-corrected chi connectivity index (χ0v) is 15.5. The standard InChI is InChI=1S/C17H15BrFN3O2S/c18-15-11-22(10-14-8-4-5-9-16(14)19)20-17(15)21-25(23,24)12-13-6-2-1-3-7-13/h1-9,11H,10,12H2,(H,20,21). The van der Waals surface area contributed by atoms with E-state index in [0.717, 1.165) is 0 Å². The molecule has 3 aromatic rings. The summed E-state index contributed by atoms with van der Waals surface area (Å²) in [4.78, 5) is 0. The molecule has 0 aliphatic rings. The number of halogens is 2. The molecule has 0 bridgehead atoms. The highest BCUT2D eigenvalue weighted by Gasteiger charge is 2.16. The summed E-state index contributed by atoms with van der Waals surface area (Å²) in [5.74, 6) is -0.312. The molecule has 0 fully saturated rings. The Hall–Kier alpha value is -2.19. The first-order chi connectivity index (χ1) is 11.9. The molecule has 0 unspecified atom stereocenters. The van der Waals surface area contributed by atoms with Gasteiger partial charge in [-0.1, -0.05) is 48.5 Å². The largest absolute Gasteiger partial charge is 0.265 e. The molecule has 2 aromatic carbocycles. The van der Waals surface area contributed by atoms with Gasteiger partial charge in [-0.2, -0.15) is 5.10 Å². The second kappa shape index (κ2) is 7.37. The first-order valence-electron chi connectivity index (χ1n) is 7.44. The van der Waals surface area contributed by atoms with Crippen LogP contribution < -0.4 is 4.72 Å². The Kier molecular flexibility index (Phi) is 5.19. The van der Waals surface area contributed by atoms with E-state index in [1.165, 1.54) is 10.7 Å². The Morgan fingerprint density at radius 1 is 1.08 bits per heavy atom. The molecule has 0 radical (unpaired) electrons. The van der Waals surface area contributed by atoms with E-state index in [4.69, 9.17) is 0 Å². The summed E-state index contributed by atoms with van der Waals surface area (Å²) in [7, 11) is -3.61. The molecule has 1 N–H and O–H groups in total. The highest BCUT2D eigenvalue weighted by molar-refractivity contribution is 9.10. The number of anilines is 1. The monoisotopic (exact) mass is 423 g/mol. The molecule has 0 atom stereocenters. The number of benzene rings is 2. The van der Waals surface area contributed by atoms with E-state index in [1.807, 2.05) is 6.07 Å². The number of sulfonamides is 1. The predicted molar refractivity (Wildman–Crippen MR) is 98.1 cm³/mol. The Morgan fingerprint density at radius 2 is 1.76 bits per heavy atom. The van der Waals surface area contributed by atoms with Crippen molar-refractivity contribution in [1.29, 1.82) is 0 Å². The number of hydrogen-bond acceptors (Lipinski definition) is 3. The molecule has 8 heteroatoms. The van der Waals surface area contributed by atoms with Crippen molar-refractivity contribution >= 4 is 31.8 Å². The van der Waals surface area contributed by atoms with Crippen molar-refractivity contribution in [3.8, 4) is 0 Å². The van der Waals surface area contributed by atoms with Crippen LogP contribution in [0.5, 0.6) is 0 Å². The van der Waals surface area contributed by atoms with Gasteiger partial charge in [-0.15, -0.1) is 0 Å². The van der Waals surface area contributed by atoms with Crippen LogP contribution in [-0.4, -0.2) is 18.2 Å². The minimum Gasteiger partial charge on any atom is -0.265 e. The smallest absolute Gasteiger partial charge is 0.238 e. The summed E-state index contributed by atoms with van der Waals surface area (Å²) in [6.07, 6.45) is 1.60. The van der Waals surface area contributed by atoms with Crippen LogP contribution in [0.3, 0.4) is 0 Å². The first kappa shape index (κ1) is 17.6. The molecule has 0 saturated heterocycles. The Balaban J connectivity index is 1.75. The molecule has 3 rings (SSSR count). The Labute approximate surface area is 153 Å². The summed E-state index contributed by atoms with van der Waals surface area (Å²) in [6.45, 7) is 0.200. The fourth-order valence-corrected chi connectivity index (χ4v) is 4.02. The number of hydrogen-bond donors (Lipinski definition) is 1. The van der Waals surface area contributed by atoms with Gasteiger partial charge in [0.15, 0.2) is 5.82 Å². The van der Waals surface area contributed by atoms with Crippen molar-refractivity contribution in [3.05, 3.63) is 82.2 Å². The van der Waals surface area contributed by atoms with E-state index >= 15 is 0 Å². The van der Waals surface area contributed by atoms with Crippen LogP contribution in [0.15, 0.2) is 65.3 Å². The van der Waals surface area contributed by atoms with Crippen LogP contribution in [-0.2, 0) is 22.3 Å². The molecule has 1 heterocycles. The van der Waals surface area contributed by atoms with Gasteiger partial charge in [-0.05, 0) is 27.6 Å². The maximum Gasteiger partial charge on any atom is 0.238 e. The van der Waals surface area contributed by atoms with Crippen molar-refractivity contribution in [2.45, 2.75) is 12.3 Å². The van der Waals surface area contributed by atoms with Crippen molar-refractivity contribution < 1.29 is 12.8 Å². The quantitative estimate of drug-likeness (QED) is 0.655. The lowest BCUT2D eigenvalue weighted by atomic mass is 10.2. The summed E-state index contributed by atoms with van der Waals surface area (Å²) in [5.41, 5.74) is 1.15. The lowest BCUT2D eigenvalue weighted by Crippen LogP contribution is -2.16. The number of nitrogens with zero attached hydrogens (tertiary/aromatic N) is 2. The fourth-order valence-electron chi connectivity index (χ4n) is 2.33. The molecule has 0 amide bonds. The van der Waals surface area contributed by atoms with E-state index in [-0.39, 0.29) is 23.9 Å². The van der Waals surface area contributed by atoms with Gasteiger partial charge in [0.05, 0.1) is 16.8 Å². The molecule has 1 aromatic heterocycles. The van der Waals surface area contributed by atoms with Crippen LogP contribution in [0.4, 0.5) is 10.2 Å². The van der Waals surface area contributed by atoms with Crippen molar-refractivity contribution in [2.24, 2.45) is 0 Å². The van der Waals surface area contributed by atoms with E-state index in [0.29, 0.717) is 15.6 Å². The summed E-state index contributed by atoms with van der Waals surface area (Å²) >= 11 is 3.28. The maximum absolute atomic E-state index is 13.7. The first-order valence-corrected chi connectivity index (χ1v) is 9.88. The Morgan fingerprint density at radius 3 is 2.48 bits per heavy atom. The van der Waals surface area contributed by atoms with Gasteiger partial charge in [0, 0.05) is 11.8 Å².